The lowest BCUT2D eigenvalue weighted by Gasteiger charge is -2.19. The summed E-state index contributed by atoms with van der Waals surface area (Å²) in [7, 11) is 0. The SMILES string of the molecule is O=C(Oc1ccc(N2C(=O)[C@@H]3[C@H]4CC[C@@H](C4)[C@H]3C2=O)cc1)c1cccs1. The van der Waals surface area contributed by atoms with Crippen molar-refractivity contribution in [3.05, 3.63) is 46.7 Å². The maximum Gasteiger partial charge on any atom is 0.353 e. The number of amides is 2. The van der Waals surface area contributed by atoms with Gasteiger partial charge in [-0.05, 0) is 66.8 Å². The van der Waals surface area contributed by atoms with Crippen molar-refractivity contribution in [2.45, 2.75) is 19.3 Å². The molecule has 0 unspecified atom stereocenters. The average Bonchev–Trinajstić information content (AvgIpc) is 3.41. The van der Waals surface area contributed by atoms with Gasteiger partial charge in [-0.25, -0.2) is 4.79 Å². The van der Waals surface area contributed by atoms with Gasteiger partial charge < -0.3 is 4.74 Å². The number of rotatable bonds is 3. The fourth-order valence-corrected chi connectivity index (χ4v) is 5.48. The van der Waals surface area contributed by atoms with E-state index in [1.807, 2.05) is 5.38 Å². The Morgan fingerprint density at radius 1 is 1.00 bits per heavy atom. The minimum Gasteiger partial charge on any atom is -0.422 e. The van der Waals surface area contributed by atoms with Crippen molar-refractivity contribution < 1.29 is 19.1 Å². The number of hydrogen-bond acceptors (Lipinski definition) is 5. The molecule has 1 saturated heterocycles. The van der Waals surface area contributed by atoms with Gasteiger partial charge in [-0.3, -0.25) is 14.5 Å². The molecule has 4 atom stereocenters. The molecule has 1 aliphatic heterocycles. The highest BCUT2D eigenvalue weighted by molar-refractivity contribution is 7.12. The Balaban J connectivity index is 1.36. The van der Waals surface area contributed by atoms with Gasteiger partial charge in [0.25, 0.3) is 0 Å². The molecular formula is C20H17NO4S. The van der Waals surface area contributed by atoms with E-state index in [0.717, 1.165) is 19.3 Å². The summed E-state index contributed by atoms with van der Waals surface area (Å²) < 4.78 is 5.33. The molecule has 2 bridgehead atoms. The van der Waals surface area contributed by atoms with Gasteiger partial charge in [-0.1, -0.05) is 6.07 Å². The third kappa shape index (κ3) is 2.25. The molecule has 2 amide bonds. The predicted molar refractivity (Wildman–Crippen MR) is 96.0 cm³/mol. The second kappa shape index (κ2) is 5.77. The van der Waals surface area contributed by atoms with E-state index in [4.69, 9.17) is 4.74 Å². The summed E-state index contributed by atoms with van der Waals surface area (Å²) in [5.41, 5.74) is 0.560. The fourth-order valence-electron chi connectivity index (χ4n) is 4.88. The molecule has 6 heteroatoms. The minimum absolute atomic E-state index is 0.0597. The maximum atomic E-state index is 12.8. The van der Waals surface area contributed by atoms with Gasteiger partial charge in [0, 0.05) is 0 Å². The largest absolute Gasteiger partial charge is 0.422 e. The Labute approximate surface area is 154 Å². The van der Waals surface area contributed by atoms with Crippen LogP contribution in [-0.2, 0) is 9.59 Å². The maximum absolute atomic E-state index is 12.8. The Morgan fingerprint density at radius 3 is 2.23 bits per heavy atom. The molecule has 5 rings (SSSR count). The lowest BCUT2D eigenvalue weighted by Crippen LogP contribution is -2.32. The van der Waals surface area contributed by atoms with Crippen LogP contribution in [0.2, 0.25) is 0 Å². The molecule has 1 aromatic heterocycles. The van der Waals surface area contributed by atoms with Crippen LogP contribution in [0.25, 0.3) is 0 Å². The van der Waals surface area contributed by atoms with Crippen molar-refractivity contribution in [1.29, 1.82) is 0 Å². The molecule has 132 valence electrons. The van der Waals surface area contributed by atoms with Gasteiger partial charge in [0.2, 0.25) is 11.8 Å². The highest BCUT2D eigenvalue weighted by Gasteiger charge is 2.61. The molecule has 2 aromatic rings. The quantitative estimate of drug-likeness (QED) is 0.473. The highest BCUT2D eigenvalue weighted by Crippen LogP contribution is 2.56. The van der Waals surface area contributed by atoms with Crippen LogP contribution >= 0.6 is 11.3 Å². The molecule has 0 spiro atoms. The number of benzene rings is 1. The molecule has 26 heavy (non-hydrogen) atoms. The summed E-state index contributed by atoms with van der Waals surface area (Å²) in [5.74, 6) is 0.356. The number of hydrogen-bond donors (Lipinski definition) is 0. The number of nitrogens with zero attached hydrogens (tertiary/aromatic N) is 1. The zero-order chi connectivity index (χ0) is 17.8. The van der Waals surface area contributed by atoms with E-state index in [0.29, 0.717) is 28.1 Å². The second-order valence-electron chi connectivity index (χ2n) is 7.26. The standard InChI is InChI=1S/C20H17NO4S/c22-18-16-11-3-4-12(10-11)17(16)19(23)21(18)13-5-7-14(8-6-13)25-20(24)15-2-1-9-26-15/h1-2,5-9,11-12,16-17H,3-4,10H2/t11-,12-,16+,17+/m0/s1. The van der Waals surface area contributed by atoms with Gasteiger partial charge in [0.1, 0.15) is 10.6 Å². The first-order valence-electron chi connectivity index (χ1n) is 8.87. The van der Waals surface area contributed by atoms with Crippen LogP contribution in [0.5, 0.6) is 5.75 Å². The average molecular weight is 367 g/mol. The molecule has 3 fully saturated rings. The number of imide groups is 1. The summed E-state index contributed by atoms with van der Waals surface area (Å²) in [6.07, 6.45) is 3.16. The molecular weight excluding hydrogens is 350 g/mol. The van der Waals surface area contributed by atoms with Crippen LogP contribution in [-0.4, -0.2) is 17.8 Å². The molecule has 1 aromatic carbocycles. The summed E-state index contributed by atoms with van der Waals surface area (Å²) >= 11 is 1.32. The van der Waals surface area contributed by atoms with Gasteiger partial charge in [0.15, 0.2) is 0 Å². The molecule has 2 saturated carbocycles. The number of anilines is 1. The molecule has 5 nitrogen and oxygen atoms in total. The molecule has 0 radical (unpaired) electrons. The lowest BCUT2D eigenvalue weighted by molar-refractivity contribution is -0.123. The van der Waals surface area contributed by atoms with E-state index in [9.17, 15) is 14.4 Å². The van der Waals surface area contributed by atoms with Crippen molar-refractivity contribution in [3.63, 3.8) is 0 Å². The van der Waals surface area contributed by atoms with Crippen molar-refractivity contribution >= 4 is 34.8 Å². The first kappa shape index (κ1) is 15.8. The van der Waals surface area contributed by atoms with Gasteiger partial charge in [-0.15, -0.1) is 11.3 Å². The van der Waals surface area contributed by atoms with E-state index < -0.39 is 5.97 Å². The third-order valence-corrected chi connectivity index (χ3v) is 6.81. The number of carbonyl (C=O) groups is 3. The number of thiophene rings is 1. The summed E-state index contributed by atoms with van der Waals surface area (Å²) in [4.78, 5) is 39.5. The minimum atomic E-state index is -0.410. The zero-order valence-corrected chi connectivity index (χ0v) is 14.8. The summed E-state index contributed by atoms with van der Waals surface area (Å²) in [5, 5.41) is 1.81. The zero-order valence-electron chi connectivity index (χ0n) is 14.0. The molecule has 0 N–H and O–H groups in total. The van der Waals surface area contributed by atoms with E-state index in [1.165, 1.54) is 16.2 Å². The van der Waals surface area contributed by atoms with Crippen molar-refractivity contribution in [3.8, 4) is 5.75 Å². The smallest absolute Gasteiger partial charge is 0.353 e. The second-order valence-corrected chi connectivity index (χ2v) is 8.21. The van der Waals surface area contributed by atoms with Crippen LogP contribution in [0.4, 0.5) is 5.69 Å². The van der Waals surface area contributed by atoms with Crippen LogP contribution in [0, 0.1) is 23.7 Å². The predicted octanol–water partition coefficient (Wildman–Crippen LogP) is 3.50. The summed E-state index contributed by atoms with van der Waals surface area (Å²) in [6.45, 7) is 0. The number of ether oxygens (including phenoxy) is 1. The van der Waals surface area contributed by atoms with Gasteiger partial charge in [0.05, 0.1) is 17.5 Å². The number of fused-ring (bicyclic) bond motifs is 5. The first-order chi connectivity index (χ1) is 12.6. The highest BCUT2D eigenvalue weighted by atomic mass is 32.1. The normalized spacial score (nSPS) is 29.3. The number of esters is 1. The summed E-state index contributed by atoms with van der Waals surface area (Å²) in [6, 6.07) is 10.1. The third-order valence-electron chi connectivity index (χ3n) is 5.96. The molecule has 3 aliphatic rings. The van der Waals surface area contributed by atoms with E-state index in [1.54, 1.807) is 36.4 Å². The van der Waals surface area contributed by atoms with Gasteiger partial charge in [-0.2, -0.15) is 0 Å². The molecule has 2 aliphatic carbocycles. The van der Waals surface area contributed by atoms with Crippen LogP contribution in [0.15, 0.2) is 41.8 Å². The monoisotopic (exact) mass is 367 g/mol. The van der Waals surface area contributed by atoms with Crippen molar-refractivity contribution in [2.24, 2.45) is 23.7 Å². The van der Waals surface area contributed by atoms with E-state index in [-0.39, 0.29) is 23.7 Å². The van der Waals surface area contributed by atoms with Crippen molar-refractivity contribution in [1.82, 2.24) is 0 Å². The Kier molecular flexibility index (Phi) is 3.50. The fraction of sp³-hybridized carbons (Fsp3) is 0.350. The van der Waals surface area contributed by atoms with Crippen LogP contribution in [0.3, 0.4) is 0 Å². The lowest BCUT2D eigenvalue weighted by atomic mass is 9.81. The van der Waals surface area contributed by atoms with E-state index in [2.05, 4.69) is 0 Å². The van der Waals surface area contributed by atoms with Gasteiger partial charge >= 0.3 is 5.97 Å². The molecule has 2 heterocycles. The van der Waals surface area contributed by atoms with Crippen LogP contribution in [0.1, 0.15) is 28.9 Å². The Morgan fingerprint density at radius 2 is 1.65 bits per heavy atom. The van der Waals surface area contributed by atoms with E-state index >= 15 is 0 Å². The van der Waals surface area contributed by atoms with Crippen molar-refractivity contribution in [2.75, 3.05) is 4.90 Å². The Hall–Kier alpha value is -2.47. The first-order valence-corrected chi connectivity index (χ1v) is 9.75. The van der Waals surface area contributed by atoms with Crippen LogP contribution < -0.4 is 9.64 Å². The number of carbonyl (C=O) groups excluding carboxylic acids is 3. The topological polar surface area (TPSA) is 63.7 Å². The Bertz CT molecular complexity index is 861.